The van der Waals surface area contributed by atoms with Crippen LogP contribution < -0.4 is 10.2 Å². The van der Waals surface area contributed by atoms with Crippen LogP contribution in [0.15, 0.2) is 12.3 Å². The van der Waals surface area contributed by atoms with Crippen LogP contribution in [0.2, 0.25) is 0 Å². The second-order valence-electron chi connectivity index (χ2n) is 5.74. The van der Waals surface area contributed by atoms with Crippen LogP contribution in [0, 0.1) is 6.92 Å². The van der Waals surface area contributed by atoms with Crippen molar-refractivity contribution < 1.29 is 0 Å². The Kier molecular flexibility index (Phi) is 6.25. The number of hydrogen-bond donors (Lipinski definition) is 1. The molecule has 0 aliphatic carbocycles. The minimum absolute atomic E-state index is 0.503. The highest BCUT2D eigenvalue weighted by molar-refractivity contribution is 5.46. The van der Waals surface area contributed by atoms with Gasteiger partial charge in [0.1, 0.15) is 5.82 Å². The Balaban J connectivity index is 2.65. The molecule has 1 aromatic rings. The van der Waals surface area contributed by atoms with Crippen LogP contribution in [-0.4, -0.2) is 50.2 Å². The van der Waals surface area contributed by atoms with Crippen LogP contribution in [0.3, 0.4) is 0 Å². The van der Waals surface area contributed by atoms with E-state index in [0.717, 1.165) is 25.5 Å². The minimum Gasteiger partial charge on any atom is -0.358 e. The molecule has 0 aliphatic heterocycles. The first-order valence-corrected chi connectivity index (χ1v) is 6.95. The Labute approximate surface area is 117 Å². The molecule has 4 nitrogen and oxygen atoms in total. The van der Waals surface area contributed by atoms with Gasteiger partial charge in [0, 0.05) is 38.9 Å². The molecule has 0 fully saturated rings. The quantitative estimate of drug-likeness (QED) is 0.815. The third kappa shape index (κ3) is 5.57. The average molecular weight is 264 g/mol. The van der Waals surface area contributed by atoms with E-state index in [9.17, 15) is 0 Å². The van der Waals surface area contributed by atoms with Gasteiger partial charge in [-0.05, 0) is 38.2 Å². The number of likely N-dealkylation sites (N-methyl/N-ethyl adjacent to an activating group) is 2. The summed E-state index contributed by atoms with van der Waals surface area (Å²) in [5, 5.41) is 3.42. The summed E-state index contributed by atoms with van der Waals surface area (Å²) >= 11 is 0. The first-order chi connectivity index (χ1) is 8.90. The lowest BCUT2D eigenvalue weighted by Crippen LogP contribution is -2.29. The summed E-state index contributed by atoms with van der Waals surface area (Å²) in [5.41, 5.74) is 2.49. The van der Waals surface area contributed by atoms with Crippen molar-refractivity contribution in [3.63, 3.8) is 0 Å². The third-order valence-electron chi connectivity index (χ3n) is 3.07. The van der Waals surface area contributed by atoms with Gasteiger partial charge in [-0.2, -0.15) is 0 Å². The Morgan fingerprint density at radius 1 is 1.21 bits per heavy atom. The Hall–Kier alpha value is -1.13. The smallest absolute Gasteiger partial charge is 0.131 e. The van der Waals surface area contributed by atoms with Crippen LogP contribution in [0.5, 0.6) is 0 Å². The largest absolute Gasteiger partial charge is 0.358 e. The zero-order valence-electron chi connectivity index (χ0n) is 13.2. The Morgan fingerprint density at radius 2 is 1.89 bits per heavy atom. The zero-order valence-corrected chi connectivity index (χ0v) is 13.2. The molecule has 0 bridgehead atoms. The molecule has 1 heterocycles. The van der Waals surface area contributed by atoms with E-state index in [0.29, 0.717) is 6.04 Å². The van der Waals surface area contributed by atoms with Crippen molar-refractivity contribution in [1.29, 1.82) is 0 Å². The third-order valence-corrected chi connectivity index (χ3v) is 3.07. The molecular weight excluding hydrogens is 236 g/mol. The standard InChI is InChI=1S/C15H28N4/c1-12(2)16-10-14-9-13(3)15(17-11-14)19(6)8-7-18(4)5/h9,11-12,16H,7-8,10H2,1-6H3. The van der Waals surface area contributed by atoms with E-state index in [1.165, 1.54) is 11.1 Å². The fourth-order valence-electron chi connectivity index (χ4n) is 1.90. The van der Waals surface area contributed by atoms with Gasteiger partial charge in [-0.25, -0.2) is 4.98 Å². The van der Waals surface area contributed by atoms with Crippen molar-refractivity contribution in [3.8, 4) is 0 Å². The molecule has 4 heteroatoms. The molecular formula is C15H28N4. The maximum atomic E-state index is 4.60. The molecule has 19 heavy (non-hydrogen) atoms. The topological polar surface area (TPSA) is 31.4 Å². The summed E-state index contributed by atoms with van der Waals surface area (Å²) in [6.07, 6.45) is 1.98. The molecule has 0 saturated carbocycles. The van der Waals surface area contributed by atoms with Gasteiger partial charge >= 0.3 is 0 Å². The number of rotatable bonds is 7. The van der Waals surface area contributed by atoms with Gasteiger partial charge in [-0.3, -0.25) is 0 Å². The fourth-order valence-corrected chi connectivity index (χ4v) is 1.90. The molecule has 108 valence electrons. The number of aromatic nitrogens is 1. The van der Waals surface area contributed by atoms with Gasteiger partial charge in [0.25, 0.3) is 0 Å². The predicted octanol–water partition coefficient (Wildman–Crippen LogP) is 1.89. The Bertz CT molecular complexity index is 388. The highest BCUT2D eigenvalue weighted by Crippen LogP contribution is 2.16. The van der Waals surface area contributed by atoms with Crippen molar-refractivity contribution >= 4 is 5.82 Å². The van der Waals surface area contributed by atoms with Gasteiger partial charge < -0.3 is 15.1 Å². The maximum absolute atomic E-state index is 4.60. The van der Waals surface area contributed by atoms with E-state index in [2.05, 4.69) is 68.1 Å². The van der Waals surface area contributed by atoms with Crippen molar-refractivity contribution in [2.24, 2.45) is 0 Å². The molecule has 0 amide bonds. The summed E-state index contributed by atoms with van der Waals surface area (Å²) in [6, 6.07) is 2.73. The monoisotopic (exact) mass is 264 g/mol. The predicted molar refractivity (Wildman–Crippen MR) is 82.8 cm³/mol. The average Bonchev–Trinajstić information content (AvgIpc) is 2.33. The molecule has 0 radical (unpaired) electrons. The van der Waals surface area contributed by atoms with Crippen LogP contribution in [0.4, 0.5) is 5.82 Å². The first kappa shape index (κ1) is 15.9. The fraction of sp³-hybridized carbons (Fsp3) is 0.667. The lowest BCUT2D eigenvalue weighted by atomic mass is 10.2. The summed E-state index contributed by atoms with van der Waals surface area (Å²) in [4.78, 5) is 9.01. The van der Waals surface area contributed by atoms with Crippen LogP contribution in [0.1, 0.15) is 25.0 Å². The molecule has 0 unspecified atom stereocenters. The highest BCUT2D eigenvalue weighted by atomic mass is 15.2. The molecule has 0 saturated heterocycles. The van der Waals surface area contributed by atoms with Crippen LogP contribution in [-0.2, 0) is 6.54 Å². The van der Waals surface area contributed by atoms with Gasteiger partial charge in [-0.15, -0.1) is 0 Å². The van der Waals surface area contributed by atoms with Gasteiger partial charge in [-0.1, -0.05) is 13.8 Å². The second kappa shape index (κ2) is 7.46. The second-order valence-corrected chi connectivity index (χ2v) is 5.74. The molecule has 1 aromatic heterocycles. The number of hydrogen-bond acceptors (Lipinski definition) is 4. The lowest BCUT2D eigenvalue weighted by molar-refractivity contribution is 0.416. The van der Waals surface area contributed by atoms with Gasteiger partial charge in [0.2, 0.25) is 0 Å². The summed E-state index contributed by atoms with van der Waals surface area (Å²) in [7, 11) is 6.29. The molecule has 0 atom stereocenters. The first-order valence-electron chi connectivity index (χ1n) is 6.95. The van der Waals surface area contributed by atoms with Crippen molar-refractivity contribution in [2.45, 2.75) is 33.4 Å². The maximum Gasteiger partial charge on any atom is 0.131 e. The van der Waals surface area contributed by atoms with Gasteiger partial charge in [0.15, 0.2) is 0 Å². The van der Waals surface area contributed by atoms with E-state index in [4.69, 9.17) is 0 Å². The van der Waals surface area contributed by atoms with E-state index in [-0.39, 0.29) is 0 Å². The van der Waals surface area contributed by atoms with Crippen molar-refractivity contribution in [2.75, 3.05) is 39.1 Å². The number of anilines is 1. The molecule has 0 aromatic carbocycles. The van der Waals surface area contributed by atoms with E-state index < -0.39 is 0 Å². The summed E-state index contributed by atoms with van der Waals surface area (Å²) in [5.74, 6) is 1.08. The number of aryl methyl sites for hydroxylation is 1. The lowest BCUT2D eigenvalue weighted by Gasteiger charge is -2.22. The number of nitrogens with zero attached hydrogens (tertiary/aromatic N) is 3. The normalized spacial score (nSPS) is 11.4. The molecule has 0 aliphatic rings. The van der Waals surface area contributed by atoms with E-state index >= 15 is 0 Å². The summed E-state index contributed by atoms with van der Waals surface area (Å²) < 4.78 is 0. The van der Waals surface area contributed by atoms with Crippen LogP contribution in [0.25, 0.3) is 0 Å². The zero-order chi connectivity index (χ0) is 14.4. The number of nitrogens with one attached hydrogen (secondary N) is 1. The van der Waals surface area contributed by atoms with Crippen molar-refractivity contribution in [1.82, 2.24) is 15.2 Å². The highest BCUT2D eigenvalue weighted by Gasteiger charge is 2.07. The minimum atomic E-state index is 0.503. The van der Waals surface area contributed by atoms with Crippen LogP contribution >= 0.6 is 0 Å². The van der Waals surface area contributed by atoms with Crippen molar-refractivity contribution in [3.05, 3.63) is 23.4 Å². The molecule has 1 rings (SSSR count). The molecule has 1 N–H and O–H groups in total. The number of pyridine rings is 1. The summed E-state index contributed by atoms with van der Waals surface area (Å²) in [6.45, 7) is 9.35. The van der Waals surface area contributed by atoms with Gasteiger partial charge in [0.05, 0.1) is 0 Å². The molecule has 0 spiro atoms. The SMILES string of the molecule is Cc1cc(CNC(C)C)cnc1N(C)CCN(C)C. The van der Waals surface area contributed by atoms with E-state index in [1.807, 2.05) is 6.20 Å². The van der Waals surface area contributed by atoms with E-state index in [1.54, 1.807) is 0 Å². The Morgan fingerprint density at radius 3 is 2.42 bits per heavy atom.